The van der Waals surface area contributed by atoms with Gasteiger partial charge in [0.05, 0.1) is 11.7 Å². The molecule has 1 aliphatic heterocycles. The molecule has 0 fully saturated rings. The summed E-state index contributed by atoms with van der Waals surface area (Å²) in [4.78, 5) is 40.2. The first-order chi connectivity index (χ1) is 17.2. The molecule has 0 saturated heterocycles. The number of carbonyl (C=O) groups excluding carboxylic acids is 3. The number of hydrogen-bond acceptors (Lipinski definition) is 5. The van der Waals surface area contributed by atoms with Crippen molar-refractivity contribution in [1.82, 2.24) is 5.32 Å². The van der Waals surface area contributed by atoms with Crippen molar-refractivity contribution in [2.45, 2.75) is 39.8 Å². The first-order valence-corrected chi connectivity index (χ1v) is 11.9. The maximum Gasteiger partial charge on any atom is 0.265 e. The number of anilines is 1. The normalized spacial score (nSPS) is 14.3. The summed E-state index contributed by atoms with van der Waals surface area (Å²) in [6.07, 6.45) is 0. The minimum Gasteiger partial charge on any atom is -0.485 e. The topological polar surface area (TPSA) is 84.9 Å². The molecule has 0 aliphatic carbocycles. The van der Waals surface area contributed by atoms with Gasteiger partial charge in [-0.1, -0.05) is 48.0 Å². The summed E-state index contributed by atoms with van der Waals surface area (Å²) < 4.78 is 11.3. The van der Waals surface area contributed by atoms with Crippen LogP contribution in [0.5, 0.6) is 11.5 Å². The van der Waals surface area contributed by atoms with Gasteiger partial charge in [0, 0.05) is 5.56 Å². The number of amides is 2. The van der Waals surface area contributed by atoms with E-state index in [1.54, 1.807) is 25.1 Å². The van der Waals surface area contributed by atoms with Crippen molar-refractivity contribution in [2.24, 2.45) is 0 Å². The maximum absolute atomic E-state index is 13.1. The molecule has 0 aromatic heterocycles. The lowest BCUT2D eigenvalue weighted by atomic mass is 10.1. The Morgan fingerprint density at radius 2 is 1.78 bits per heavy atom. The lowest BCUT2D eigenvalue weighted by Crippen LogP contribution is -2.51. The quantitative estimate of drug-likeness (QED) is 0.472. The van der Waals surface area contributed by atoms with E-state index in [0.29, 0.717) is 22.7 Å². The van der Waals surface area contributed by atoms with E-state index in [1.165, 1.54) is 4.90 Å². The van der Waals surface area contributed by atoms with Crippen molar-refractivity contribution in [2.75, 3.05) is 18.1 Å². The Balaban J connectivity index is 1.51. The van der Waals surface area contributed by atoms with Gasteiger partial charge in [-0.3, -0.25) is 19.3 Å². The molecule has 186 valence electrons. The molecule has 3 aromatic rings. The van der Waals surface area contributed by atoms with E-state index in [9.17, 15) is 14.4 Å². The molecule has 1 heterocycles. The minimum absolute atomic E-state index is 0.151. The van der Waals surface area contributed by atoms with Crippen LogP contribution in [0.15, 0.2) is 66.7 Å². The number of rotatable bonds is 8. The number of carbonyl (C=O) groups is 3. The molecule has 0 bridgehead atoms. The van der Waals surface area contributed by atoms with Gasteiger partial charge in [0.15, 0.2) is 19.0 Å². The second kappa shape index (κ2) is 10.6. The molecule has 0 unspecified atom stereocenters. The lowest BCUT2D eigenvalue weighted by molar-refractivity contribution is -0.127. The number of nitrogens with one attached hydrogen (secondary N) is 1. The largest absolute Gasteiger partial charge is 0.485 e. The number of ether oxygens (including phenoxy) is 2. The van der Waals surface area contributed by atoms with Gasteiger partial charge in [-0.25, -0.2) is 0 Å². The van der Waals surface area contributed by atoms with Gasteiger partial charge in [-0.15, -0.1) is 0 Å². The van der Waals surface area contributed by atoms with E-state index in [0.717, 1.165) is 16.7 Å². The van der Waals surface area contributed by atoms with Crippen molar-refractivity contribution in [3.8, 4) is 11.5 Å². The van der Waals surface area contributed by atoms with Crippen LogP contribution in [0.2, 0.25) is 0 Å². The molecule has 4 rings (SSSR count). The summed E-state index contributed by atoms with van der Waals surface area (Å²) in [6, 6.07) is 19.2. The van der Waals surface area contributed by atoms with Crippen LogP contribution in [0, 0.1) is 13.8 Å². The third-order valence-corrected chi connectivity index (χ3v) is 6.27. The predicted molar refractivity (Wildman–Crippen MR) is 138 cm³/mol. The number of benzene rings is 3. The Bertz CT molecular complexity index is 1290. The minimum atomic E-state index is -0.803. The highest BCUT2D eigenvalue weighted by molar-refractivity contribution is 6.06. The van der Waals surface area contributed by atoms with Gasteiger partial charge < -0.3 is 14.8 Å². The first-order valence-electron chi connectivity index (χ1n) is 11.9. The molecule has 0 radical (unpaired) electrons. The zero-order chi connectivity index (χ0) is 25.8. The van der Waals surface area contributed by atoms with Crippen molar-refractivity contribution in [1.29, 1.82) is 0 Å². The Morgan fingerprint density at radius 3 is 2.50 bits per heavy atom. The van der Waals surface area contributed by atoms with Gasteiger partial charge in [0.1, 0.15) is 17.5 Å². The Morgan fingerprint density at radius 1 is 1.03 bits per heavy atom. The fraction of sp³-hybridized carbons (Fsp3) is 0.276. The van der Waals surface area contributed by atoms with Crippen LogP contribution in [0.1, 0.15) is 46.9 Å². The number of Topliss-reactive ketones (excluding diaryl/α,β-unsaturated/α-hetero) is 1. The van der Waals surface area contributed by atoms with Crippen molar-refractivity contribution in [3.63, 3.8) is 0 Å². The average Bonchev–Trinajstić information content (AvgIpc) is 2.87. The van der Waals surface area contributed by atoms with Crippen molar-refractivity contribution in [3.05, 3.63) is 89.0 Å². The SMILES string of the molecule is Cc1ccc(OCC(=O)c2ccc3c(c2)N([C@H](C)C(=O)N[C@@H](C)c2ccccc2)C(=O)CO3)c(C)c1. The highest BCUT2D eigenvalue weighted by Gasteiger charge is 2.34. The van der Waals surface area contributed by atoms with Crippen LogP contribution >= 0.6 is 0 Å². The van der Waals surface area contributed by atoms with Gasteiger partial charge in [0.2, 0.25) is 5.91 Å². The van der Waals surface area contributed by atoms with Crippen LogP contribution in [0.25, 0.3) is 0 Å². The van der Waals surface area contributed by atoms with Crippen LogP contribution in [-0.4, -0.2) is 36.9 Å². The van der Waals surface area contributed by atoms with E-state index in [2.05, 4.69) is 5.32 Å². The molecular formula is C29H30N2O5. The smallest absolute Gasteiger partial charge is 0.265 e. The molecule has 7 heteroatoms. The molecule has 0 spiro atoms. The van der Waals surface area contributed by atoms with Gasteiger partial charge in [-0.05, 0) is 63.1 Å². The molecule has 7 nitrogen and oxygen atoms in total. The van der Waals surface area contributed by atoms with Crippen molar-refractivity contribution < 1.29 is 23.9 Å². The second-order valence-electron chi connectivity index (χ2n) is 9.03. The Labute approximate surface area is 211 Å². The van der Waals surface area contributed by atoms with E-state index in [-0.39, 0.29) is 36.9 Å². The zero-order valence-corrected chi connectivity index (χ0v) is 20.9. The first kappa shape index (κ1) is 25.0. The molecule has 1 N–H and O–H groups in total. The zero-order valence-electron chi connectivity index (χ0n) is 20.9. The fourth-order valence-corrected chi connectivity index (χ4v) is 4.23. The summed E-state index contributed by atoms with van der Waals surface area (Å²) >= 11 is 0. The molecule has 3 aromatic carbocycles. The number of nitrogens with zero attached hydrogens (tertiary/aromatic N) is 1. The van der Waals surface area contributed by atoms with E-state index < -0.39 is 6.04 Å². The van der Waals surface area contributed by atoms with E-state index in [4.69, 9.17) is 9.47 Å². The number of fused-ring (bicyclic) bond motifs is 1. The van der Waals surface area contributed by atoms with Crippen LogP contribution in [0.3, 0.4) is 0 Å². The van der Waals surface area contributed by atoms with Crippen LogP contribution in [0.4, 0.5) is 5.69 Å². The summed E-state index contributed by atoms with van der Waals surface area (Å²) in [5.41, 5.74) is 3.78. The van der Waals surface area contributed by atoms with E-state index in [1.807, 2.05) is 69.3 Å². The summed E-state index contributed by atoms with van der Waals surface area (Å²) in [6.45, 7) is 7.15. The molecule has 0 saturated carbocycles. The molecule has 1 aliphatic rings. The second-order valence-corrected chi connectivity index (χ2v) is 9.03. The molecular weight excluding hydrogens is 456 g/mol. The average molecular weight is 487 g/mol. The van der Waals surface area contributed by atoms with E-state index >= 15 is 0 Å². The van der Waals surface area contributed by atoms with Crippen molar-refractivity contribution >= 4 is 23.3 Å². The highest BCUT2D eigenvalue weighted by Crippen LogP contribution is 2.35. The standard InChI is InChI=1S/C29H30N2O5/c1-18-10-12-26(19(2)14-18)35-16-25(32)23-11-13-27-24(15-23)31(28(33)17-36-27)21(4)29(34)30-20(3)22-8-6-5-7-9-22/h5-15,20-21H,16-17H2,1-4H3,(H,30,34)/t20-,21+/m0/s1. The van der Waals surface area contributed by atoms with Gasteiger partial charge in [0.25, 0.3) is 5.91 Å². The van der Waals surface area contributed by atoms with Gasteiger partial charge >= 0.3 is 0 Å². The maximum atomic E-state index is 13.1. The van der Waals surface area contributed by atoms with Crippen LogP contribution in [-0.2, 0) is 9.59 Å². The third-order valence-electron chi connectivity index (χ3n) is 6.27. The summed E-state index contributed by atoms with van der Waals surface area (Å²) in [7, 11) is 0. The Kier molecular flexibility index (Phi) is 7.38. The van der Waals surface area contributed by atoms with Gasteiger partial charge in [-0.2, -0.15) is 0 Å². The monoisotopic (exact) mass is 486 g/mol. The summed E-state index contributed by atoms with van der Waals surface area (Å²) in [5.74, 6) is 0.184. The highest BCUT2D eigenvalue weighted by atomic mass is 16.5. The summed E-state index contributed by atoms with van der Waals surface area (Å²) in [5, 5.41) is 2.97. The molecule has 36 heavy (non-hydrogen) atoms. The number of hydrogen-bond donors (Lipinski definition) is 1. The lowest BCUT2D eigenvalue weighted by Gasteiger charge is -2.34. The predicted octanol–water partition coefficient (Wildman–Crippen LogP) is 4.56. The molecule has 2 amide bonds. The number of aryl methyl sites for hydroxylation is 2. The number of ketones is 1. The fourth-order valence-electron chi connectivity index (χ4n) is 4.23. The third kappa shape index (κ3) is 5.40. The molecule has 2 atom stereocenters. The van der Waals surface area contributed by atoms with Crippen LogP contribution < -0.4 is 19.7 Å². The Hall–Kier alpha value is -4.13.